The van der Waals surface area contributed by atoms with Gasteiger partial charge in [0.2, 0.25) is 5.91 Å². The molecule has 0 saturated heterocycles. The Hall–Kier alpha value is -2.51. The molecule has 1 aliphatic rings. The number of fused-ring (bicyclic) bond motifs is 1. The molecule has 2 heterocycles. The van der Waals surface area contributed by atoms with Gasteiger partial charge in [-0.1, -0.05) is 11.3 Å². The second-order valence-corrected chi connectivity index (χ2v) is 5.06. The van der Waals surface area contributed by atoms with Crippen molar-refractivity contribution in [2.75, 3.05) is 13.2 Å². The lowest BCUT2D eigenvalue weighted by Crippen LogP contribution is -2.32. The van der Waals surface area contributed by atoms with Gasteiger partial charge >= 0.3 is 0 Å². The fourth-order valence-corrected chi connectivity index (χ4v) is 2.42. The van der Waals surface area contributed by atoms with Gasteiger partial charge in [0.1, 0.15) is 18.2 Å². The molecule has 22 heavy (non-hydrogen) atoms. The molecule has 8 heteroatoms. The van der Waals surface area contributed by atoms with Crippen molar-refractivity contribution in [1.82, 2.24) is 25.5 Å². The first-order valence-corrected chi connectivity index (χ1v) is 7.14. The number of aromatic nitrogens is 4. The van der Waals surface area contributed by atoms with Crippen LogP contribution in [-0.2, 0) is 17.8 Å². The topological polar surface area (TPSA) is 84.0 Å². The number of carbonyl (C=O) groups excluding carboxylic acids is 1. The average molecular weight is 305 g/mol. The van der Waals surface area contributed by atoms with Crippen LogP contribution in [0.2, 0.25) is 0 Å². The third-order valence-corrected chi connectivity index (χ3v) is 3.58. The first kappa shape index (κ1) is 14.4. The minimum absolute atomic E-state index is 0.0248. The highest BCUT2D eigenvalue weighted by Gasteiger charge is 2.21. The monoisotopic (exact) mass is 305 g/mol. The average Bonchev–Trinajstić information content (AvgIpc) is 2.92. The summed E-state index contributed by atoms with van der Waals surface area (Å²) in [5.74, 6) is 0.734. The van der Waals surface area contributed by atoms with Gasteiger partial charge in [-0.2, -0.15) is 5.21 Å². The zero-order valence-electron chi connectivity index (χ0n) is 12.0. The van der Waals surface area contributed by atoms with Crippen molar-refractivity contribution >= 4 is 5.91 Å². The van der Waals surface area contributed by atoms with Gasteiger partial charge < -0.3 is 9.64 Å². The third-order valence-electron chi connectivity index (χ3n) is 3.58. The lowest BCUT2D eigenvalue weighted by molar-refractivity contribution is -0.132. The highest BCUT2D eigenvalue weighted by Crippen LogP contribution is 2.25. The number of aromatic amines is 1. The summed E-state index contributed by atoms with van der Waals surface area (Å²) in [5, 5.41) is 13.5. The Labute approximate surface area is 126 Å². The molecule has 1 aliphatic heterocycles. The van der Waals surface area contributed by atoms with Crippen LogP contribution in [0.5, 0.6) is 5.75 Å². The first-order valence-electron chi connectivity index (χ1n) is 7.14. The van der Waals surface area contributed by atoms with Crippen LogP contribution < -0.4 is 4.74 Å². The molecule has 0 atom stereocenters. The van der Waals surface area contributed by atoms with E-state index in [4.69, 9.17) is 4.74 Å². The van der Waals surface area contributed by atoms with E-state index in [-0.39, 0.29) is 18.3 Å². The minimum atomic E-state index is -0.344. The van der Waals surface area contributed by atoms with E-state index in [1.165, 1.54) is 6.07 Å². The summed E-state index contributed by atoms with van der Waals surface area (Å²) in [6.45, 7) is 1.06. The summed E-state index contributed by atoms with van der Waals surface area (Å²) in [6.07, 6.45) is 1.57. The summed E-state index contributed by atoms with van der Waals surface area (Å²) >= 11 is 0. The number of hydrogen-bond donors (Lipinski definition) is 1. The summed E-state index contributed by atoms with van der Waals surface area (Å²) < 4.78 is 19.4. The molecular formula is C14H16FN5O2. The maximum Gasteiger partial charge on any atom is 0.223 e. The Bertz CT molecular complexity index is 647. The van der Waals surface area contributed by atoms with Gasteiger partial charge in [-0.25, -0.2) is 4.39 Å². The van der Waals surface area contributed by atoms with Crippen molar-refractivity contribution in [1.29, 1.82) is 0 Å². The minimum Gasteiger partial charge on any atom is -0.491 e. The number of H-pyrrole nitrogens is 1. The molecular weight excluding hydrogens is 289 g/mol. The van der Waals surface area contributed by atoms with Crippen LogP contribution in [0.4, 0.5) is 4.39 Å². The maximum atomic E-state index is 13.9. The molecule has 116 valence electrons. The molecule has 1 aromatic heterocycles. The van der Waals surface area contributed by atoms with Gasteiger partial charge in [-0.15, -0.1) is 10.2 Å². The second kappa shape index (κ2) is 6.50. The molecule has 0 radical (unpaired) electrons. The molecule has 0 aliphatic carbocycles. The molecule has 1 N–H and O–H groups in total. The van der Waals surface area contributed by atoms with Gasteiger partial charge in [0, 0.05) is 18.4 Å². The highest BCUT2D eigenvalue weighted by molar-refractivity contribution is 5.76. The van der Waals surface area contributed by atoms with E-state index >= 15 is 0 Å². The van der Waals surface area contributed by atoms with Gasteiger partial charge in [0.25, 0.3) is 0 Å². The number of hydrogen-bond acceptors (Lipinski definition) is 5. The summed E-state index contributed by atoms with van der Waals surface area (Å²) in [7, 11) is 0. The van der Waals surface area contributed by atoms with Crippen molar-refractivity contribution in [2.45, 2.75) is 25.8 Å². The Morgan fingerprint density at radius 3 is 3.18 bits per heavy atom. The van der Waals surface area contributed by atoms with E-state index in [0.717, 1.165) is 0 Å². The number of halogens is 1. The Kier molecular flexibility index (Phi) is 4.27. The number of ether oxygens (including phenoxy) is 1. The van der Waals surface area contributed by atoms with Crippen LogP contribution in [0, 0.1) is 5.82 Å². The number of nitrogens with zero attached hydrogens (tertiary/aromatic N) is 4. The van der Waals surface area contributed by atoms with Gasteiger partial charge in [-0.3, -0.25) is 4.79 Å². The second-order valence-electron chi connectivity index (χ2n) is 5.06. The van der Waals surface area contributed by atoms with Crippen LogP contribution in [-0.4, -0.2) is 44.6 Å². The van der Waals surface area contributed by atoms with Crippen LogP contribution in [0.15, 0.2) is 18.2 Å². The Morgan fingerprint density at radius 2 is 2.36 bits per heavy atom. The molecule has 2 aromatic rings. The molecule has 0 fully saturated rings. The molecule has 0 saturated carbocycles. The quantitative estimate of drug-likeness (QED) is 0.914. The SMILES string of the molecule is O=C(CCCc1nn[nH]n1)N1CCOc2cccc(F)c2C1. The number of carbonyl (C=O) groups is 1. The number of benzene rings is 1. The normalized spacial score (nSPS) is 14.1. The smallest absolute Gasteiger partial charge is 0.223 e. The van der Waals surface area contributed by atoms with Gasteiger partial charge in [0.05, 0.1) is 13.1 Å². The number of rotatable bonds is 4. The van der Waals surface area contributed by atoms with Crippen molar-refractivity contribution < 1.29 is 13.9 Å². The molecule has 0 spiro atoms. The van der Waals surface area contributed by atoms with E-state index in [9.17, 15) is 9.18 Å². The van der Waals surface area contributed by atoms with Crippen LogP contribution >= 0.6 is 0 Å². The van der Waals surface area contributed by atoms with E-state index in [0.29, 0.717) is 49.6 Å². The molecule has 7 nitrogen and oxygen atoms in total. The number of amides is 1. The van der Waals surface area contributed by atoms with Crippen LogP contribution in [0.3, 0.4) is 0 Å². The molecule has 0 unspecified atom stereocenters. The number of tetrazole rings is 1. The zero-order valence-corrected chi connectivity index (χ0v) is 12.0. The third kappa shape index (κ3) is 3.21. The predicted molar refractivity (Wildman–Crippen MR) is 74.4 cm³/mol. The summed E-state index contributed by atoms with van der Waals surface area (Å²) in [4.78, 5) is 13.9. The summed E-state index contributed by atoms with van der Waals surface area (Å²) in [6, 6.07) is 4.71. The van der Waals surface area contributed by atoms with E-state index in [1.807, 2.05) is 0 Å². The molecule has 0 bridgehead atoms. The highest BCUT2D eigenvalue weighted by atomic mass is 19.1. The molecule has 1 amide bonds. The van der Waals surface area contributed by atoms with Crippen LogP contribution in [0.25, 0.3) is 0 Å². The first-order chi connectivity index (χ1) is 10.7. The number of nitrogens with one attached hydrogen (secondary N) is 1. The lowest BCUT2D eigenvalue weighted by atomic mass is 10.1. The van der Waals surface area contributed by atoms with Crippen molar-refractivity contribution in [3.63, 3.8) is 0 Å². The lowest BCUT2D eigenvalue weighted by Gasteiger charge is -2.19. The van der Waals surface area contributed by atoms with E-state index in [1.54, 1.807) is 17.0 Å². The maximum absolute atomic E-state index is 13.9. The van der Waals surface area contributed by atoms with Gasteiger partial charge in [-0.05, 0) is 18.6 Å². The Morgan fingerprint density at radius 1 is 1.45 bits per heavy atom. The molecule has 1 aromatic carbocycles. The number of aryl methyl sites for hydroxylation is 1. The van der Waals surface area contributed by atoms with Crippen molar-refractivity contribution in [2.24, 2.45) is 0 Å². The van der Waals surface area contributed by atoms with Gasteiger partial charge in [0.15, 0.2) is 5.82 Å². The fourth-order valence-electron chi connectivity index (χ4n) is 2.42. The zero-order chi connectivity index (χ0) is 15.4. The molecule has 3 rings (SSSR count). The van der Waals surface area contributed by atoms with E-state index in [2.05, 4.69) is 20.6 Å². The fraction of sp³-hybridized carbons (Fsp3) is 0.429. The predicted octanol–water partition coefficient (Wildman–Crippen LogP) is 1.08. The Balaban J connectivity index is 1.59. The van der Waals surface area contributed by atoms with Crippen molar-refractivity contribution in [3.8, 4) is 5.75 Å². The van der Waals surface area contributed by atoms with Crippen LogP contribution in [0.1, 0.15) is 24.2 Å². The van der Waals surface area contributed by atoms with Crippen molar-refractivity contribution in [3.05, 3.63) is 35.4 Å². The van der Waals surface area contributed by atoms with E-state index < -0.39 is 0 Å². The largest absolute Gasteiger partial charge is 0.491 e. The summed E-state index contributed by atoms with van der Waals surface area (Å²) in [5.41, 5.74) is 0.437. The standard InChI is InChI=1S/C14H16FN5O2/c15-11-3-1-4-12-10(11)9-20(7-8-22-12)14(21)6-2-5-13-16-18-19-17-13/h1,3-4H,2,5-9H2,(H,16,17,18,19).